The molecule has 0 radical (unpaired) electrons. The quantitative estimate of drug-likeness (QED) is 0.779. The zero-order valence-corrected chi connectivity index (χ0v) is 11.4. The summed E-state index contributed by atoms with van der Waals surface area (Å²) in [7, 11) is 0. The molecule has 2 aromatic rings. The molecule has 4 heteroatoms. The van der Waals surface area contributed by atoms with E-state index < -0.39 is 0 Å². The maximum Gasteiger partial charge on any atom is 0.0589 e. The Kier molecular flexibility index (Phi) is 3.85. The van der Waals surface area contributed by atoms with Gasteiger partial charge in [0.05, 0.1) is 5.02 Å². The van der Waals surface area contributed by atoms with Gasteiger partial charge in [-0.25, -0.2) is 0 Å². The van der Waals surface area contributed by atoms with Crippen LogP contribution in [0.5, 0.6) is 0 Å². The second-order valence-electron chi connectivity index (χ2n) is 3.42. The SMILES string of the molecule is Clc1ccc(Cc2cc(Cl)cc(Br)c2)nc1. The van der Waals surface area contributed by atoms with E-state index in [-0.39, 0.29) is 0 Å². The molecule has 1 heterocycles. The van der Waals surface area contributed by atoms with E-state index >= 15 is 0 Å². The molecular weight excluding hydrogens is 309 g/mol. The summed E-state index contributed by atoms with van der Waals surface area (Å²) in [5, 5.41) is 1.37. The van der Waals surface area contributed by atoms with Gasteiger partial charge in [-0.05, 0) is 35.9 Å². The van der Waals surface area contributed by atoms with Gasteiger partial charge in [0.15, 0.2) is 0 Å². The second-order valence-corrected chi connectivity index (χ2v) is 5.21. The van der Waals surface area contributed by atoms with Crippen molar-refractivity contribution in [3.63, 3.8) is 0 Å². The van der Waals surface area contributed by atoms with Crippen LogP contribution in [0.25, 0.3) is 0 Å². The Bertz CT molecular complexity index is 477. The predicted molar refractivity (Wildman–Crippen MR) is 71.2 cm³/mol. The molecular formula is C12H8BrCl2N. The summed E-state index contributed by atoms with van der Waals surface area (Å²) < 4.78 is 0.976. The minimum atomic E-state index is 0.649. The van der Waals surface area contributed by atoms with E-state index in [9.17, 15) is 0 Å². The van der Waals surface area contributed by atoms with Crippen molar-refractivity contribution in [3.05, 3.63) is 62.3 Å². The highest BCUT2D eigenvalue weighted by Crippen LogP contribution is 2.21. The third kappa shape index (κ3) is 3.21. The monoisotopic (exact) mass is 315 g/mol. The van der Waals surface area contributed by atoms with Crippen LogP contribution >= 0.6 is 39.1 Å². The summed E-state index contributed by atoms with van der Waals surface area (Å²) in [4.78, 5) is 4.24. The number of hydrogen-bond acceptors (Lipinski definition) is 1. The molecule has 0 N–H and O–H groups in total. The summed E-state index contributed by atoms with van der Waals surface area (Å²) >= 11 is 15.2. The molecule has 1 aromatic carbocycles. The van der Waals surface area contributed by atoms with Gasteiger partial charge in [-0.15, -0.1) is 0 Å². The highest BCUT2D eigenvalue weighted by molar-refractivity contribution is 9.10. The van der Waals surface area contributed by atoms with Gasteiger partial charge in [0.25, 0.3) is 0 Å². The molecule has 1 aromatic heterocycles. The smallest absolute Gasteiger partial charge is 0.0589 e. The Morgan fingerprint density at radius 1 is 1.06 bits per heavy atom. The van der Waals surface area contributed by atoms with Crippen molar-refractivity contribution in [1.82, 2.24) is 4.98 Å². The molecule has 0 aliphatic heterocycles. The third-order valence-electron chi connectivity index (χ3n) is 2.10. The normalized spacial score (nSPS) is 10.4. The molecule has 0 unspecified atom stereocenters. The van der Waals surface area contributed by atoms with Crippen molar-refractivity contribution in [3.8, 4) is 0 Å². The molecule has 2 rings (SSSR count). The fourth-order valence-electron chi connectivity index (χ4n) is 1.43. The van der Waals surface area contributed by atoms with E-state index in [1.165, 1.54) is 0 Å². The van der Waals surface area contributed by atoms with E-state index in [1.54, 1.807) is 6.20 Å². The molecule has 0 atom stereocenters. The number of rotatable bonds is 2. The fourth-order valence-corrected chi connectivity index (χ4v) is 2.48. The average molecular weight is 317 g/mol. The van der Waals surface area contributed by atoms with Crippen molar-refractivity contribution in [2.24, 2.45) is 0 Å². The Hall–Kier alpha value is -0.570. The van der Waals surface area contributed by atoms with Crippen molar-refractivity contribution < 1.29 is 0 Å². The first-order valence-corrected chi connectivity index (χ1v) is 6.24. The van der Waals surface area contributed by atoms with Crippen LogP contribution in [0.15, 0.2) is 41.0 Å². The topological polar surface area (TPSA) is 12.9 Å². The van der Waals surface area contributed by atoms with Gasteiger partial charge in [0, 0.05) is 27.8 Å². The number of nitrogens with zero attached hydrogens (tertiary/aromatic N) is 1. The largest absolute Gasteiger partial charge is 0.259 e. The number of pyridine rings is 1. The Balaban J connectivity index is 2.23. The molecule has 0 aliphatic carbocycles. The molecule has 0 saturated heterocycles. The molecule has 0 aliphatic rings. The van der Waals surface area contributed by atoms with E-state index in [0.717, 1.165) is 27.2 Å². The van der Waals surface area contributed by atoms with Crippen LogP contribution < -0.4 is 0 Å². The van der Waals surface area contributed by atoms with Gasteiger partial charge in [0.2, 0.25) is 0 Å². The minimum absolute atomic E-state index is 0.649. The van der Waals surface area contributed by atoms with Crippen LogP contribution in [0, 0.1) is 0 Å². The van der Waals surface area contributed by atoms with Gasteiger partial charge in [0.1, 0.15) is 0 Å². The summed E-state index contributed by atoms with van der Waals surface area (Å²) in [5.74, 6) is 0. The fraction of sp³-hybridized carbons (Fsp3) is 0.0833. The molecule has 0 fully saturated rings. The number of benzene rings is 1. The lowest BCUT2D eigenvalue weighted by Crippen LogP contribution is -1.91. The Morgan fingerprint density at radius 3 is 2.50 bits per heavy atom. The second kappa shape index (κ2) is 5.17. The zero-order chi connectivity index (χ0) is 11.5. The summed E-state index contributed by atoms with van der Waals surface area (Å²) in [6, 6.07) is 9.58. The van der Waals surface area contributed by atoms with Crippen LogP contribution in [-0.2, 0) is 6.42 Å². The first-order valence-electron chi connectivity index (χ1n) is 4.69. The first-order chi connectivity index (χ1) is 7.63. The third-order valence-corrected chi connectivity index (χ3v) is 3.00. The van der Waals surface area contributed by atoms with Crippen molar-refractivity contribution in [1.29, 1.82) is 0 Å². The molecule has 1 nitrogen and oxygen atoms in total. The lowest BCUT2D eigenvalue weighted by molar-refractivity contribution is 1.07. The molecule has 82 valence electrons. The van der Waals surface area contributed by atoms with E-state index in [4.69, 9.17) is 23.2 Å². The molecule has 0 saturated carbocycles. The summed E-state index contributed by atoms with van der Waals surface area (Å²) in [6.07, 6.45) is 2.40. The van der Waals surface area contributed by atoms with Gasteiger partial charge in [-0.1, -0.05) is 39.1 Å². The van der Waals surface area contributed by atoms with Crippen molar-refractivity contribution in [2.45, 2.75) is 6.42 Å². The van der Waals surface area contributed by atoms with Gasteiger partial charge in [-0.3, -0.25) is 4.98 Å². The van der Waals surface area contributed by atoms with Crippen LogP contribution in [0.1, 0.15) is 11.3 Å². The van der Waals surface area contributed by atoms with Crippen LogP contribution in [0.3, 0.4) is 0 Å². The lowest BCUT2D eigenvalue weighted by atomic mass is 10.1. The molecule has 0 amide bonds. The standard InChI is InChI=1S/C12H8BrCl2N/c13-9-3-8(4-11(15)6-9)5-12-2-1-10(14)7-16-12/h1-4,6-7H,5H2. The molecule has 0 bridgehead atoms. The van der Waals surface area contributed by atoms with Crippen LogP contribution in [-0.4, -0.2) is 4.98 Å². The maximum absolute atomic E-state index is 5.97. The van der Waals surface area contributed by atoms with Gasteiger partial charge >= 0.3 is 0 Å². The Labute approximate surface area is 113 Å². The molecule has 0 spiro atoms. The lowest BCUT2D eigenvalue weighted by Gasteiger charge is -2.03. The average Bonchev–Trinajstić information content (AvgIpc) is 2.20. The highest BCUT2D eigenvalue weighted by atomic mass is 79.9. The molecule has 16 heavy (non-hydrogen) atoms. The maximum atomic E-state index is 5.97. The number of halogens is 3. The zero-order valence-electron chi connectivity index (χ0n) is 8.25. The van der Waals surface area contributed by atoms with E-state index in [1.807, 2.05) is 30.3 Å². The van der Waals surface area contributed by atoms with E-state index in [0.29, 0.717) is 5.02 Å². The highest BCUT2D eigenvalue weighted by Gasteiger charge is 2.01. The van der Waals surface area contributed by atoms with Gasteiger partial charge < -0.3 is 0 Å². The van der Waals surface area contributed by atoms with Gasteiger partial charge in [-0.2, -0.15) is 0 Å². The summed E-state index contributed by atoms with van der Waals surface area (Å²) in [6.45, 7) is 0. The predicted octanol–water partition coefficient (Wildman–Crippen LogP) is 4.74. The van der Waals surface area contributed by atoms with Crippen LogP contribution in [0.2, 0.25) is 10.0 Å². The first kappa shape index (κ1) is 11.9. The van der Waals surface area contributed by atoms with E-state index in [2.05, 4.69) is 20.9 Å². The summed E-state index contributed by atoms with van der Waals surface area (Å²) in [5.41, 5.74) is 2.09. The number of aromatic nitrogens is 1. The Morgan fingerprint density at radius 2 is 1.88 bits per heavy atom. The number of hydrogen-bond donors (Lipinski definition) is 0. The van der Waals surface area contributed by atoms with Crippen molar-refractivity contribution in [2.75, 3.05) is 0 Å². The van der Waals surface area contributed by atoms with Crippen molar-refractivity contribution >= 4 is 39.1 Å². The van der Waals surface area contributed by atoms with Crippen LogP contribution in [0.4, 0.5) is 0 Å². The minimum Gasteiger partial charge on any atom is -0.259 e.